The average Bonchev–Trinajstić information content (AvgIpc) is 2.20. The highest BCUT2D eigenvalue weighted by Gasteiger charge is 2.34. The molecule has 5 heteroatoms. The lowest BCUT2D eigenvalue weighted by Crippen LogP contribution is -2.55. The van der Waals surface area contributed by atoms with Gasteiger partial charge in [0.1, 0.15) is 5.92 Å². The molecule has 14 heavy (non-hydrogen) atoms. The van der Waals surface area contributed by atoms with Crippen molar-refractivity contribution in [3.63, 3.8) is 0 Å². The van der Waals surface area contributed by atoms with E-state index in [1.807, 2.05) is 0 Å². The topological polar surface area (TPSA) is 60.0 Å². The molecule has 1 radical (unpaired) electrons. The molecule has 0 unspecified atom stereocenters. The van der Waals surface area contributed by atoms with E-state index < -0.39 is 23.1 Å². The molecular weight excluding hydrogens is 202 g/mol. The molecule has 81 valence electrons. The first-order valence-corrected chi connectivity index (χ1v) is 6.08. The van der Waals surface area contributed by atoms with Crippen LogP contribution >= 0.6 is 11.8 Å². The molecule has 1 fully saturated rings. The SMILES string of the molecule is CC[C@@H](C[O])C(=O)[N+]1([O-])CCSCC1. The minimum absolute atomic E-state index is 0.333. The van der Waals surface area contributed by atoms with Gasteiger partial charge in [-0.3, -0.25) is 4.65 Å². The van der Waals surface area contributed by atoms with Gasteiger partial charge in [0.05, 0.1) is 19.7 Å². The Hall–Kier alpha value is -0.100. The third-order valence-electron chi connectivity index (χ3n) is 2.64. The van der Waals surface area contributed by atoms with E-state index in [4.69, 9.17) is 0 Å². The monoisotopic (exact) mass is 218 g/mol. The quantitative estimate of drug-likeness (QED) is 0.525. The van der Waals surface area contributed by atoms with Crippen molar-refractivity contribution in [3.05, 3.63) is 5.21 Å². The number of amides is 1. The van der Waals surface area contributed by atoms with Crippen LogP contribution in [0.1, 0.15) is 13.3 Å². The van der Waals surface area contributed by atoms with Gasteiger partial charge >= 0.3 is 5.91 Å². The van der Waals surface area contributed by atoms with Crippen molar-refractivity contribution in [2.75, 3.05) is 31.2 Å². The molecular formula is C9H16NO3S. The minimum Gasteiger partial charge on any atom is -0.625 e. The second-order valence-corrected chi connectivity index (χ2v) is 4.78. The lowest BCUT2D eigenvalue weighted by atomic mass is 10.1. The second kappa shape index (κ2) is 5.11. The van der Waals surface area contributed by atoms with Gasteiger partial charge in [0.15, 0.2) is 0 Å². The third-order valence-corrected chi connectivity index (χ3v) is 3.58. The standard InChI is InChI=1S/C9H16NO3S/c1-2-8(7-11)9(12)10(13)3-5-14-6-4-10/h8H,2-7H2,1H3/t8-/m0/s1. The van der Waals surface area contributed by atoms with E-state index >= 15 is 0 Å². The molecule has 1 amide bonds. The highest BCUT2D eigenvalue weighted by atomic mass is 32.2. The van der Waals surface area contributed by atoms with E-state index in [0.29, 0.717) is 19.5 Å². The molecule has 0 aliphatic carbocycles. The summed E-state index contributed by atoms with van der Waals surface area (Å²) in [5.74, 6) is 0.466. The molecule has 1 aliphatic rings. The Morgan fingerprint density at radius 3 is 2.50 bits per heavy atom. The highest BCUT2D eigenvalue weighted by molar-refractivity contribution is 7.99. The second-order valence-electron chi connectivity index (χ2n) is 3.56. The Kier molecular flexibility index (Phi) is 4.37. The van der Waals surface area contributed by atoms with Gasteiger partial charge in [0.25, 0.3) is 0 Å². The smallest absolute Gasteiger partial charge is 0.319 e. The van der Waals surface area contributed by atoms with E-state index in [9.17, 15) is 15.1 Å². The molecule has 0 aromatic rings. The largest absolute Gasteiger partial charge is 0.625 e. The Morgan fingerprint density at radius 1 is 1.50 bits per heavy atom. The zero-order valence-electron chi connectivity index (χ0n) is 8.40. The molecule has 1 atom stereocenters. The number of carbonyl (C=O) groups is 1. The zero-order valence-corrected chi connectivity index (χ0v) is 9.22. The summed E-state index contributed by atoms with van der Waals surface area (Å²) in [4.78, 5) is 11.7. The van der Waals surface area contributed by atoms with Crippen LogP contribution in [0.25, 0.3) is 0 Å². The summed E-state index contributed by atoms with van der Waals surface area (Å²) < 4.78 is -0.770. The summed E-state index contributed by atoms with van der Waals surface area (Å²) >= 11 is 1.70. The van der Waals surface area contributed by atoms with Crippen molar-refractivity contribution in [1.82, 2.24) is 0 Å². The summed E-state index contributed by atoms with van der Waals surface area (Å²) in [6.45, 7) is 2.00. The lowest BCUT2D eigenvalue weighted by molar-refractivity contribution is -0.802. The van der Waals surface area contributed by atoms with Crippen molar-refractivity contribution in [3.8, 4) is 0 Å². The summed E-state index contributed by atoms with van der Waals surface area (Å²) in [6, 6.07) is 0. The van der Waals surface area contributed by atoms with E-state index in [1.54, 1.807) is 18.7 Å². The molecule has 4 nitrogen and oxygen atoms in total. The minimum atomic E-state index is -0.770. The van der Waals surface area contributed by atoms with E-state index in [-0.39, 0.29) is 0 Å². The summed E-state index contributed by atoms with van der Waals surface area (Å²) in [5.41, 5.74) is 0. The van der Waals surface area contributed by atoms with Crippen molar-refractivity contribution in [2.45, 2.75) is 13.3 Å². The first kappa shape index (κ1) is 12.0. The highest BCUT2D eigenvalue weighted by Crippen LogP contribution is 2.21. The fourth-order valence-corrected chi connectivity index (χ4v) is 2.61. The summed E-state index contributed by atoms with van der Waals surface area (Å²) in [5, 5.41) is 22.7. The molecule has 0 bridgehead atoms. The first-order valence-electron chi connectivity index (χ1n) is 4.92. The van der Waals surface area contributed by atoms with Crippen LogP contribution in [0.2, 0.25) is 0 Å². The number of hydrogen-bond acceptors (Lipinski definition) is 3. The maximum atomic E-state index is 12.0. The number of thioether (sulfide) groups is 1. The molecule has 0 N–H and O–H groups in total. The number of carbonyl (C=O) groups excluding carboxylic acids is 1. The number of quaternary nitrogens is 1. The van der Waals surface area contributed by atoms with Crippen LogP contribution in [0.3, 0.4) is 0 Å². The first-order chi connectivity index (χ1) is 6.64. The summed E-state index contributed by atoms with van der Waals surface area (Å²) in [6.07, 6.45) is 0.484. The van der Waals surface area contributed by atoms with Gasteiger partial charge in [-0.15, -0.1) is 0 Å². The van der Waals surface area contributed by atoms with Crippen LogP contribution in [0.5, 0.6) is 0 Å². The number of hydrogen-bond donors (Lipinski definition) is 0. The van der Waals surface area contributed by atoms with Gasteiger partial charge in [0, 0.05) is 11.5 Å². The van der Waals surface area contributed by atoms with Crippen LogP contribution in [0, 0.1) is 11.1 Å². The van der Waals surface area contributed by atoms with Gasteiger partial charge in [-0.2, -0.15) is 11.8 Å². The molecule has 1 heterocycles. The van der Waals surface area contributed by atoms with Crippen LogP contribution in [-0.4, -0.2) is 41.8 Å². The fourth-order valence-electron chi connectivity index (χ4n) is 1.55. The van der Waals surface area contributed by atoms with E-state index in [2.05, 4.69) is 0 Å². The lowest BCUT2D eigenvalue weighted by Gasteiger charge is -2.43. The van der Waals surface area contributed by atoms with Crippen LogP contribution in [-0.2, 0) is 9.90 Å². The van der Waals surface area contributed by atoms with Crippen LogP contribution in [0.15, 0.2) is 0 Å². The maximum Gasteiger partial charge on any atom is 0.319 e. The molecule has 1 rings (SSSR count). The van der Waals surface area contributed by atoms with Gasteiger partial charge < -0.3 is 5.21 Å². The molecule has 0 spiro atoms. The Balaban J connectivity index is 2.64. The average molecular weight is 218 g/mol. The number of nitrogens with zero attached hydrogens (tertiary/aromatic N) is 1. The number of rotatable bonds is 3. The van der Waals surface area contributed by atoms with Crippen molar-refractivity contribution in [2.24, 2.45) is 5.92 Å². The van der Waals surface area contributed by atoms with Crippen molar-refractivity contribution >= 4 is 17.7 Å². The van der Waals surface area contributed by atoms with Gasteiger partial charge in [0.2, 0.25) is 0 Å². The van der Waals surface area contributed by atoms with E-state index in [0.717, 1.165) is 11.5 Å². The Bertz CT molecular complexity index is 200. The fraction of sp³-hybridized carbons (Fsp3) is 0.889. The Labute approximate surface area is 88.4 Å². The number of hydroxylamine groups is 3. The maximum absolute atomic E-state index is 12.0. The van der Waals surface area contributed by atoms with Gasteiger partial charge in [-0.25, -0.2) is 9.90 Å². The third kappa shape index (κ3) is 2.48. The van der Waals surface area contributed by atoms with Crippen LogP contribution in [0.4, 0.5) is 0 Å². The van der Waals surface area contributed by atoms with Crippen molar-refractivity contribution in [1.29, 1.82) is 0 Å². The molecule has 1 aliphatic heterocycles. The molecule has 0 saturated carbocycles. The molecule has 1 saturated heterocycles. The van der Waals surface area contributed by atoms with Crippen molar-refractivity contribution < 1.29 is 14.5 Å². The van der Waals surface area contributed by atoms with Gasteiger partial charge in [-0.1, -0.05) is 6.92 Å². The molecule has 0 aromatic heterocycles. The predicted octanol–water partition coefficient (Wildman–Crippen LogP) is 1.03. The van der Waals surface area contributed by atoms with Crippen LogP contribution < -0.4 is 0 Å². The summed E-state index contributed by atoms with van der Waals surface area (Å²) in [7, 11) is 0. The Morgan fingerprint density at radius 2 is 2.07 bits per heavy atom. The predicted molar refractivity (Wildman–Crippen MR) is 55.0 cm³/mol. The zero-order chi connectivity index (χ0) is 10.6. The van der Waals surface area contributed by atoms with E-state index in [1.165, 1.54) is 0 Å². The normalized spacial score (nSPS) is 23.1. The molecule has 0 aromatic carbocycles. The van der Waals surface area contributed by atoms with Gasteiger partial charge in [-0.05, 0) is 6.42 Å².